The van der Waals surface area contributed by atoms with Gasteiger partial charge in [-0.15, -0.1) is 0 Å². The average Bonchev–Trinajstić information content (AvgIpc) is 3.19. The van der Waals surface area contributed by atoms with Gasteiger partial charge in [0.15, 0.2) is 0 Å². The first-order chi connectivity index (χ1) is 14.0. The van der Waals surface area contributed by atoms with Gasteiger partial charge in [0.1, 0.15) is 5.82 Å². The summed E-state index contributed by atoms with van der Waals surface area (Å²) in [6.45, 7) is 7.57. The highest BCUT2D eigenvalue weighted by atomic mass is 19.1. The molecule has 29 heavy (non-hydrogen) atoms. The Hall–Kier alpha value is -2.25. The van der Waals surface area contributed by atoms with Crippen molar-refractivity contribution in [3.63, 3.8) is 0 Å². The van der Waals surface area contributed by atoms with E-state index in [4.69, 9.17) is 4.74 Å². The lowest BCUT2D eigenvalue weighted by atomic mass is 9.90. The average molecular weight is 400 g/mol. The number of amides is 1. The van der Waals surface area contributed by atoms with E-state index >= 15 is 0 Å². The van der Waals surface area contributed by atoms with Crippen LogP contribution in [-0.4, -0.2) is 64.3 Å². The maximum atomic E-state index is 13.9. The molecule has 2 aliphatic rings. The molecule has 2 saturated heterocycles. The molecule has 1 aromatic carbocycles. The highest BCUT2D eigenvalue weighted by Crippen LogP contribution is 2.30. The fraction of sp³-hybridized carbons (Fsp3) is 0.545. The fourth-order valence-corrected chi connectivity index (χ4v) is 4.54. The van der Waals surface area contributed by atoms with Gasteiger partial charge in [-0.25, -0.2) is 4.39 Å². The Morgan fingerprint density at radius 2 is 1.90 bits per heavy atom. The van der Waals surface area contributed by atoms with Crippen LogP contribution in [0.5, 0.6) is 0 Å². The van der Waals surface area contributed by atoms with E-state index in [0.717, 1.165) is 37.2 Å². The minimum atomic E-state index is -0.148. The zero-order valence-electron chi connectivity index (χ0n) is 17.1. The van der Waals surface area contributed by atoms with Crippen LogP contribution in [0, 0.1) is 5.82 Å². The SMILES string of the molecule is CC1CN(C(=O)c2cn[nH]c2C2CCN(Cc3ccccc3F)CC2)CC(C)O1. The Labute approximate surface area is 171 Å². The van der Waals surface area contributed by atoms with Crippen molar-refractivity contribution in [1.29, 1.82) is 0 Å². The van der Waals surface area contributed by atoms with Gasteiger partial charge < -0.3 is 9.64 Å². The van der Waals surface area contributed by atoms with Crippen LogP contribution in [0.25, 0.3) is 0 Å². The molecular formula is C22H29FN4O2. The number of H-pyrrole nitrogens is 1. The van der Waals surface area contributed by atoms with E-state index in [2.05, 4.69) is 15.1 Å². The normalized spacial score (nSPS) is 24.0. The van der Waals surface area contributed by atoms with Crippen molar-refractivity contribution >= 4 is 5.91 Å². The van der Waals surface area contributed by atoms with Gasteiger partial charge in [-0.3, -0.25) is 14.8 Å². The first kappa shape index (κ1) is 20.0. The molecule has 4 rings (SSSR count). The molecule has 1 amide bonds. The zero-order valence-corrected chi connectivity index (χ0v) is 17.1. The minimum absolute atomic E-state index is 0.0320. The lowest BCUT2D eigenvalue weighted by molar-refractivity contribution is -0.0586. The predicted molar refractivity (Wildman–Crippen MR) is 108 cm³/mol. The molecule has 0 radical (unpaired) electrons. The van der Waals surface area contributed by atoms with Gasteiger partial charge in [-0.05, 0) is 45.8 Å². The van der Waals surface area contributed by atoms with Crippen LogP contribution in [0.1, 0.15) is 54.2 Å². The van der Waals surface area contributed by atoms with Gasteiger partial charge >= 0.3 is 0 Å². The van der Waals surface area contributed by atoms with E-state index in [9.17, 15) is 9.18 Å². The second kappa shape index (κ2) is 8.63. The van der Waals surface area contributed by atoms with Crippen molar-refractivity contribution in [2.75, 3.05) is 26.2 Å². The summed E-state index contributed by atoms with van der Waals surface area (Å²) in [6, 6.07) is 6.95. The van der Waals surface area contributed by atoms with Crippen LogP contribution in [0.2, 0.25) is 0 Å². The molecule has 0 spiro atoms. The largest absolute Gasteiger partial charge is 0.372 e. The Bertz CT molecular complexity index is 837. The highest BCUT2D eigenvalue weighted by Gasteiger charge is 2.31. The number of hydrogen-bond donors (Lipinski definition) is 1. The number of hydrogen-bond acceptors (Lipinski definition) is 4. The molecule has 2 atom stereocenters. The molecule has 156 valence electrons. The molecule has 7 heteroatoms. The third kappa shape index (κ3) is 4.51. The van der Waals surface area contributed by atoms with Gasteiger partial charge in [0, 0.05) is 31.1 Å². The summed E-state index contributed by atoms with van der Waals surface area (Å²) in [4.78, 5) is 17.3. The monoisotopic (exact) mass is 400 g/mol. The summed E-state index contributed by atoms with van der Waals surface area (Å²) in [7, 11) is 0. The van der Waals surface area contributed by atoms with Crippen molar-refractivity contribution in [1.82, 2.24) is 20.0 Å². The fourth-order valence-electron chi connectivity index (χ4n) is 4.54. The molecule has 0 aliphatic carbocycles. The summed E-state index contributed by atoms with van der Waals surface area (Å²) >= 11 is 0. The molecular weight excluding hydrogens is 371 g/mol. The molecule has 2 aromatic rings. The van der Waals surface area contributed by atoms with Crippen LogP contribution in [-0.2, 0) is 11.3 Å². The van der Waals surface area contributed by atoms with Gasteiger partial charge in [0.05, 0.1) is 29.7 Å². The van der Waals surface area contributed by atoms with Crippen molar-refractivity contribution in [2.45, 2.75) is 51.4 Å². The molecule has 2 unspecified atom stereocenters. The van der Waals surface area contributed by atoms with Crippen molar-refractivity contribution in [3.05, 3.63) is 53.1 Å². The number of rotatable bonds is 4. The van der Waals surface area contributed by atoms with Crippen LogP contribution in [0.4, 0.5) is 4.39 Å². The topological polar surface area (TPSA) is 61.5 Å². The van der Waals surface area contributed by atoms with E-state index in [1.54, 1.807) is 12.3 Å². The highest BCUT2D eigenvalue weighted by molar-refractivity contribution is 5.95. The second-order valence-corrected chi connectivity index (χ2v) is 8.31. The maximum absolute atomic E-state index is 13.9. The van der Waals surface area contributed by atoms with Crippen LogP contribution in [0.15, 0.2) is 30.5 Å². The summed E-state index contributed by atoms with van der Waals surface area (Å²) in [6.07, 6.45) is 3.59. The number of piperidine rings is 1. The smallest absolute Gasteiger partial charge is 0.257 e. The Balaban J connectivity index is 1.39. The van der Waals surface area contributed by atoms with E-state index in [0.29, 0.717) is 25.2 Å². The lowest BCUT2D eigenvalue weighted by Crippen LogP contribution is -2.48. The summed E-state index contributed by atoms with van der Waals surface area (Å²) in [5.41, 5.74) is 2.35. The van der Waals surface area contributed by atoms with Crippen LogP contribution >= 0.6 is 0 Å². The Kier molecular flexibility index (Phi) is 5.96. The van der Waals surface area contributed by atoms with Crippen LogP contribution in [0.3, 0.4) is 0 Å². The number of nitrogens with one attached hydrogen (secondary N) is 1. The van der Waals surface area contributed by atoms with Gasteiger partial charge in [-0.1, -0.05) is 18.2 Å². The van der Waals surface area contributed by atoms with Gasteiger partial charge in [0.25, 0.3) is 5.91 Å². The number of halogens is 1. The van der Waals surface area contributed by atoms with Gasteiger partial charge in [-0.2, -0.15) is 5.10 Å². The number of morpholine rings is 1. The molecule has 2 fully saturated rings. The molecule has 1 N–H and O–H groups in total. The number of aromatic nitrogens is 2. The first-order valence-corrected chi connectivity index (χ1v) is 10.4. The Morgan fingerprint density at radius 1 is 1.21 bits per heavy atom. The summed E-state index contributed by atoms with van der Waals surface area (Å²) in [5.74, 6) is 0.152. The number of aromatic amines is 1. The molecule has 0 bridgehead atoms. The molecule has 0 saturated carbocycles. The van der Waals surface area contributed by atoms with Crippen molar-refractivity contribution in [3.8, 4) is 0 Å². The standard InChI is InChI=1S/C22H29FN4O2/c1-15-12-27(13-16(2)29-15)22(28)19-11-24-25-21(19)17-7-9-26(10-8-17)14-18-5-3-4-6-20(18)23/h3-6,11,15-17H,7-10,12-14H2,1-2H3,(H,24,25). The molecule has 2 aliphatic heterocycles. The third-order valence-electron chi connectivity index (χ3n) is 5.95. The van der Waals surface area contributed by atoms with Crippen molar-refractivity contribution in [2.24, 2.45) is 0 Å². The summed E-state index contributed by atoms with van der Waals surface area (Å²) in [5, 5.41) is 7.27. The van der Waals surface area contributed by atoms with Crippen LogP contribution < -0.4 is 0 Å². The van der Waals surface area contributed by atoms with E-state index in [1.807, 2.05) is 30.9 Å². The minimum Gasteiger partial charge on any atom is -0.372 e. The number of benzene rings is 1. The van der Waals surface area contributed by atoms with E-state index < -0.39 is 0 Å². The van der Waals surface area contributed by atoms with E-state index in [-0.39, 0.29) is 29.9 Å². The number of likely N-dealkylation sites (tertiary alicyclic amines) is 1. The number of ether oxygens (including phenoxy) is 1. The maximum Gasteiger partial charge on any atom is 0.257 e. The number of nitrogens with zero attached hydrogens (tertiary/aromatic N) is 3. The van der Waals surface area contributed by atoms with E-state index in [1.165, 1.54) is 6.07 Å². The number of carbonyl (C=O) groups excluding carboxylic acids is 1. The quantitative estimate of drug-likeness (QED) is 0.856. The molecule has 1 aromatic heterocycles. The summed E-state index contributed by atoms with van der Waals surface area (Å²) < 4.78 is 19.7. The second-order valence-electron chi connectivity index (χ2n) is 8.31. The first-order valence-electron chi connectivity index (χ1n) is 10.4. The zero-order chi connectivity index (χ0) is 20.4. The van der Waals surface area contributed by atoms with Gasteiger partial charge in [0.2, 0.25) is 0 Å². The number of carbonyl (C=O) groups is 1. The molecule has 6 nitrogen and oxygen atoms in total. The third-order valence-corrected chi connectivity index (χ3v) is 5.95. The van der Waals surface area contributed by atoms with Crippen molar-refractivity contribution < 1.29 is 13.9 Å². The Morgan fingerprint density at radius 3 is 2.59 bits per heavy atom. The molecule has 3 heterocycles. The lowest BCUT2D eigenvalue weighted by Gasteiger charge is -2.36. The predicted octanol–water partition coefficient (Wildman–Crippen LogP) is 3.18.